The van der Waals surface area contributed by atoms with Crippen molar-refractivity contribution in [1.29, 1.82) is 0 Å². The van der Waals surface area contributed by atoms with Crippen LogP contribution < -0.4 is 5.73 Å². The first kappa shape index (κ1) is 13.5. The lowest BCUT2D eigenvalue weighted by molar-refractivity contribution is -0.140. The van der Waals surface area contributed by atoms with E-state index in [1.807, 2.05) is 0 Å². The van der Waals surface area contributed by atoms with Crippen molar-refractivity contribution in [2.75, 3.05) is 0 Å². The molecule has 17 heavy (non-hydrogen) atoms. The van der Waals surface area contributed by atoms with Gasteiger partial charge in [0.05, 0.1) is 5.44 Å². The van der Waals surface area contributed by atoms with Crippen LogP contribution >= 0.6 is 0 Å². The summed E-state index contributed by atoms with van der Waals surface area (Å²) in [5.41, 5.74) is 4.87. The van der Waals surface area contributed by atoms with Crippen LogP contribution in [-0.4, -0.2) is 50.3 Å². The fourth-order valence-electron chi connectivity index (χ4n) is 1.48. The third-order valence-corrected chi connectivity index (χ3v) is 3.44. The van der Waals surface area contributed by atoms with Gasteiger partial charge in [-0.25, -0.2) is 0 Å². The fraction of sp³-hybridized carbons (Fsp3) is 0.222. The highest BCUT2D eigenvalue weighted by molar-refractivity contribution is 6.49. The van der Waals surface area contributed by atoms with Crippen LogP contribution in [0.25, 0.3) is 0 Å². The fourth-order valence-corrected chi connectivity index (χ4v) is 1.48. The average Bonchev–Trinajstić information content (AvgIpc) is 2.21. The second-order valence-corrected chi connectivity index (χ2v) is 4.84. The Labute approximate surface area is 102 Å². The van der Waals surface area contributed by atoms with Gasteiger partial charge in [0.2, 0.25) is 0 Å². The molecule has 88 valence electrons. The Bertz CT molecular complexity index is 462. The zero-order chi connectivity index (χ0) is 13.4. The molecule has 0 unspecified atom stereocenters. The van der Waals surface area contributed by atoms with Gasteiger partial charge in [-0.1, -0.05) is 11.6 Å². The normalized spacial score (nSPS) is 15.1. The standard InChI is InChI=1S/C9H14B3NO4/c10-8(11,9(12,13)7(16)17)4-1-2-5(14)6(15)3-4/h1-3,14-15H,10-13H2,(H,16,17)/t9-/m1/s1. The molecule has 0 amide bonds. The molecule has 1 rings (SSSR count). The number of phenolic OH excluding ortho intramolecular Hbond substituents is 2. The van der Waals surface area contributed by atoms with Gasteiger partial charge in [0.15, 0.2) is 11.5 Å². The summed E-state index contributed by atoms with van der Waals surface area (Å²) in [5, 5.41) is 26.9. The largest absolute Gasteiger partial charge is 0.504 e. The van der Waals surface area contributed by atoms with E-state index in [0.717, 1.165) is 0 Å². The summed E-state index contributed by atoms with van der Waals surface area (Å²) < 4.78 is 0. The van der Waals surface area contributed by atoms with Gasteiger partial charge in [-0.15, -0.1) is 0 Å². The van der Waals surface area contributed by atoms with Crippen molar-refractivity contribution in [1.82, 2.24) is 0 Å². The van der Waals surface area contributed by atoms with E-state index in [-0.39, 0.29) is 11.5 Å². The molecular formula is C9H14B3NO4. The van der Waals surface area contributed by atoms with Gasteiger partial charge >= 0.3 is 5.97 Å². The van der Waals surface area contributed by atoms with Crippen molar-refractivity contribution < 1.29 is 20.1 Å². The van der Waals surface area contributed by atoms with Gasteiger partial charge in [-0.3, -0.25) is 4.79 Å². The van der Waals surface area contributed by atoms with E-state index in [2.05, 4.69) is 0 Å². The number of hydrogen-bond acceptors (Lipinski definition) is 4. The summed E-state index contributed by atoms with van der Waals surface area (Å²) in [5.74, 6) is -1.68. The van der Waals surface area contributed by atoms with Crippen LogP contribution in [0.5, 0.6) is 11.5 Å². The Balaban J connectivity index is 3.30. The van der Waals surface area contributed by atoms with Gasteiger partial charge in [-0.05, 0) is 17.3 Å². The maximum Gasteiger partial charge on any atom is 0.314 e. The van der Waals surface area contributed by atoms with Gasteiger partial charge in [0.1, 0.15) is 23.5 Å². The predicted molar refractivity (Wildman–Crippen MR) is 71.6 cm³/mol. The maximum absolute atomic E-state index is 11.2. The molecule has 1 aromatic rings. The molecule has 0 saturated heterocycles. The number of nitrogens with two attached hydrogens (primary N) is 1. The lowest BCUT2D eigenvalue weighted by Gasteiger charge is -2.39. The Morgan fingerprint density at radius 2 is 1.71 bits per heavy atom. The minimum atomic E-state index is -1.49. The molecule has 5 N–H and O–H groups in total. The predicted octanol–water partition coefficient (Wildman–Crippen LogP) is -3.11. The Morgan fingerprint density at radius 1 is 1.18 bits per heavy atom. The van der Waals surface area contributed by atoms with Gasteiger partial charge in [0, 0.05) is 0 Å². The van der Waals surface area contributed by atoms with Gasteiger partial charge in [0.25, 0.3) is 0 Å². The van der Waals surface area contributed by atoms with Crippen molar-refractivity contribution >= 4 is 29.5 Å². The van der Waals surface area contributed by atoms with Crippen molar-refractivity contribution in [2.45, 2.75) is 10.7 Å². The quantitative estimate of drug-likeness (QED) is 0.326. The summed E-state index contributed by atoms with van der Waals surface area (Å²) in [7, 11) is 4.76. The second kappa shape index (κ2) is 4.03. The number of phenols is 2. The van der Waals surface area contributed by atoms with E-state index < -0.39 is 16.6 Å². The number of hydrogen-bond donors (Lipinski definition) is 4. The maximum atomic E-state index is 11.2. The molecule has 0 aromatic heterocycles. The van der Waals surface area contributed by atoms with E-state index in [9.17, 15) is 15.0 Å². The van der Waals surface area contributed by atoms with Crippen LogP contribution in [0.2, 0.25) is 0 Å². The van der Waals surface area contributed by atoms with E-state index in [1.165, 1.54) is 20.0 Å². The lowest BCUT2D eigenvalue weighted by atomic mass is 9.37. The van der Waals surface area contributed by atoms with E-state index >= 15 is 0 Å². The summed E-state index contributed by atoms with van der Waals surface area (Å²) in [6.07, 6.45) is 0. The molecule has 0 radical (unpaired) electrons. The Morgan fingerprint density at radius 3 is 2.12 bits per heavy atom. The van der Waals surface area contributed by atoms with Crippen molar-refractivity contribution in [3.8, 4) is 11.5 Å². The van der Waals surface area contributed by atoms with Gasteiger partial charge in [-0.2, -0.15) is 0 Å². The molecule has 5 nitrogen and oxygen atoms in total. The number of aromatic hydroxyl groups is 2. The highest BCUT2D eigenvalue weighted by atomic mass is 16.4. The molecule has 0 heterocycles. The van der Waals surface area contributed by atoms with E-state index in [1.54, 1.807) is 21.8 Å². The van der Waals surface area contributed by atoms with E-state index in [4.69, 9.17) is 10.8 Å². The van der Waals surface area contributed by atoms with Crippen molar-refractivity contribution in [2.24, 2.45) is 5.73 Å². The molecule has 0 fully saturated rings. The third-order valence-electron chi connectivity index (χ3n) is 3.44. The number of benzene rings is 1. The number of carboxylic acids is 1. The summed E-state index contributed by atoms with van der Waals surface area (Å²) in [4.78, 5) is 11.2. The summed E-state index contributed by atoms with van der Waals surface area (Å²) in [6.45, 7) is 0. The Hall–Kier alpha value is -1.56. The molecule has 0 spiro atoms. The number of rotatable bonds is 3. The molecule has 0 aliphatic carbocycles. The molecule has 1 aromatic carbocycles. The summed E-state index contributed by atoms with van der Waals surface area (Å²) >= 11 is 0. The number of carboxylic acid groups (broad SMARTS) is 1. The molecule has 0 aliphatic rings. The van der Waals surface area contributed by atoms with Gasteiger partial charge < -0.3 is 21.1 Å². The van der Waals surface area contributed by atoms with Crippen molar-refractivity contribution in [3.05, 3.63) is 23.8 Å². The molecule has 0 bridgehead atoms. The minimum absolute atomic E-state index is 0.251. The first-order valence-corrected chi connectivity index (χ1v) is 5.15. The second-order valence-electron chi connectivity index (χ2n) is 4.84. The van der Waals surface area contributed by atoms with Crippen LogP contribution in [0.15, 0.2) is 18.2 Å². The first-order valence-electron chi connectivity index (χ1n) is 5.15. The van der Waals surface area contributed by atoms with Crippen molar-refractivity contribution in [3.63, 3.8) is 0 Å². The molecular weight excluding hydrogens is 219 g/mol. The third kappa shape index (κ3) is 2.13. The zero-order valence-corrected chi connectivity index (χ0v) is 10.1. The van der Waals surface area contributed by atoms with Crippen LogP contribution in [-0.2, 0) is 10.0 Å². The molecule has 0 saturated carbocycles. The SMILES string of the molecule is BC(B)(c1ccc(O)c(O)c1)[C@](B)(N)C(=O)O. The van der Waals surface area contributed by atoms with Crippen LogP contribution in [0.4, 0.5) is 0 Å². The van der Waals surface area contributed by atoms with Crippen LogP contribution in [0.3, 0.4) is 0 Å². The molecule has 8 heteroatoms. The van der Waals surface area contributed by atoms with Crippen LogP contribution in [0.1, 0.15) is 5.56 Å². The first-order chi connectivity index (χ1) is 7.60. The minimum Gasteiger partial charge on any atom is -0.504 e. The average molecular weight is 233 g/mol. The molecule has 1 atom stereocenters. The zero-order valence-electron chi connectivity index (χ0n) is 10.1. The van der Waals surface area contributed by atoms with Crippen LogP contribution in [0, 0.1) is 0 Å². The smallest absolute Gasteiger partial charge is 0.314 e. The number of aliphatic carboxylic acids is 1. The number of carbonyl (C=O) groups is 1. The lowest BCUT2D eigenvalue weighted by Crippen LogP contribution is -2.65. The summed E-state index contributed by atoms with van der Waals surface area (Å²) in [6, 6.07) is 4.18. The highest BCUT2D eigenvalue weighted by Gasteiger charge is 2.44. The topological polar surface area (TPSA) is 104 Å². The van der Waals surface area contributed by atoms with E-state index in [0.29, 0.717) is 5.56 Å². The molecule has 0 aliphatic heterocycles. The Kier molecular flexibility index (Phi) is 3.20. The highest BCUT2D eigenvalue weighted by Crippen LogP contribution is 2.32. The monoisotopic (exact) mass is 233 g/mol.